The van der Waals surface area contributed by atoms with Crippen molar-refractivity contribution in [2.24, 2.45) is 0 Å². The van der Waals surface area contributed by atoms with Crippen molar-refractivity contribution < 1.29 is 23.5 Å². The highest BCUT2D eigenvalue weighted by Crippen LogP contribution is 2.31. The molecule has 0 atom stereocenters. The van der Waals surface area contributed by atoms with Crippen molar-refractivity contribution in [3.63, 3.8) is 0 Å². The van der Waals surface area contributed by atoms with Crippen LogP contribution in [0.1, 0.15) is 15.9 Å². The standard InChI is InChI=1S/C19H19FN2O4/c1-22(12-13-6-7-16-17(10-13)26-9-8-25-16)18(23)11-21-19(24)14-4-2-3-5-15(14)20/h2-7,10H,8-9,11-12H2,1H3,(H,21,24). The fraction of sp³-hybridized carbons (Fsp3) is 0.263. The third-order valence-corrected chi connectivity index (χ3v) is 3.97. The molecule has 0 bridgehead atoms. The molecule has 3 rings (SSSR count). The van der Waals surface area contributed by atoms with Crippen LogP contribution in [0.4, 0.5) is 4.39 Å². The minimum atomic E-state index is -0.623. The van der Waals surface area contributed by atoms with Crippen LogP contribution in [0.5, 0.6) is 11.5 Å². The van der Waals surface area contributed by atoms with Gasteiger partial charge in [0.15, 0.2) is 11.5 Å². The molecule has 0 spiro atoms. The highest BCUT2D eigenvalue weighted by molar-refractivity contribution is 5.96. The normalized spacial score (nSPS) is 12.4. The molecule has 136 valence electrons. The van der Waals surface area contributed by atoms with E-state index in [-0.39, 0.29) is 18.0 Å². The fourth-order valence-electron chi connectivity index (χ4n) is 2.58. The molecule has 6 nitrogen and oxygen atoms in total. The van der Waals surface area contributed by atoms with Crippen LogP contribution in [0.15, 0.2) is 42.5 Å². The zero-order valence-corrected chi connectivity index (χ0v) is 14.3. The smallest absolute Gasteiger partial charge is 0.254 e. The monoisotopic (exact) mass is 358 g/mol. The topological polar surface area (TPSA) is 67.9 Å². The van der Waals surface area contributed by atoms with Gasteiger partial charge < -0.3 is 19.7 Å². The van der Waals surface area contributed by atoms with Crippen molar-refractivity contribution in [1.82, 2.24) is 10.2 Å². The van der Waals surface area contributed by atoms with Crippen LogP contribution >= 0.6 is 0 Å². The van der Waals surface area contributed by atoms with E-state index in [4.69, 9.17) is 9.47 Å². The van der Waals surface area contributed by atoms with Crippen LogP contribution in [0.25, 0.3) is 0 Å². The van der Waals surface area contributed by atoms with E-state index in [2.05, 4.69) is 5.32 Å². The van der Waals surface area contributed by atoms with E-state index in [0.717, 1.165) is 5.56 Å². The number of likely N-dealkylation sites (N-methyl/N-ethyl adjacent to an activating group) is 1. The van der Waals surface area contributed by atoms with E-state index in [0.29, 0.717) is 31.3 Å². The number of nitrogens with zero attached hydrogens (tertiary/aromatic N) is 1. The largest absolute Gasteiger partial charge is 0.486 e. The Labute approximate surface area is 150 Å². The average molecular weight is 358 g/mol. The molecule has 0 fully saturated rings. The molecule has 2 amide bonds. The predicted molar refractivity (Wildman–Crippen MR) is 92.6 cm³/mol. The highest BCUT2D eigenvalue weighted by Gasteiger charge is 2.16. The lowest BCUT2D eigenvalue weighted by Gasteiger charge is -2.21. The van der Waals surface area contributed by atoms with E-state index in [9.17, 15) is 14.0 Å². The van der Waals surface area contributed by atoms with Gasteiger partial charge in [-0.2, -0.15) is 0 Å². The number of amides is 2. The second-order valence-electron chi connectivity index (χ2n) is 5.89. The number of carbonyl (C=O) groups is 2. The second-order valence-corrected chi connectivity index (χ2v) is 5.89. The fourth-order valence-corrected chi connectivity index (χ4v) is 2.58. The summed E-state index contributed by atoms with van der Waals surface area (Å²) in [6, 6.07) is 11.1. The molecular formula is C19H19FN2O4. The van der Waals surface area contributed by atoms with Gasteiger partial charge in [-0.25, -0.2) is 4.39 Å². The summed E-state index contributed by atoms with van der Waals surface area (Å²) in [5.41, 5.74) is 0.792. The Balaban J connectivity index is 1.55. The number of halogens is 1. The van der Waals surface area contributed by atoms with Gasteiger partial charge in [-0.1, -0.05) is 18.2 Å². The van der Waals surface area contributed by atoms with Crippen LogP contribution in [-0.4, -0.2) is 43.5 Å². The minimum absolute atomic E-state index is 0.0882. The maximum absolute atomic E-state index is 13.6. The summed E-state index contributed by atoms with van der Waals surface area (Å²) in [6.45, 7) is 1.15. The number of rotatable bonds is 5. The molecule has 2 aromatic rings. The molecule has 0 aliphatic carbocycles. The average Bonchev–Trinajstić information content (AvgIpc) is 2.66. The zero-order chi connectivity index (χ0) is 18.5. The first-order valence-electron chi connectivity index (χ1n) is 8.20. The van der Waals surface area contributed by atoms with Crippen LogP contribution < -0.4 is 14.8 Å². The van der Waals surface area contributed by atoms with Crippen molar-refractivity contribution >= 4 is 11.8 Å². The lowest BCUT2D eigenvalue weighted by molar-refractivity contribution is -0.129. The maximum Gasteiger partial charge on any atom is 0.254 e. The molecule has 0 unspecified atom stereocenters. The van der Waals surface area contributed by atoms with Gasteiger partial charge in [0.05, 0.1) is 12.1 Å². The Hall–Kier alpha value is -3.09. The molecule has 0 saturated carbocycles. The molecule has 1 N–H and O–H groups in total. The second kappa shape index (κ2) is 7.86. The summed E-state index contributed by atoms with van der Waals surface area (Å²) < 4.78 is 24.6. The Kier molecular flexibility index (Phi) is 5.36. The number of nitrogens with one attached hydrogen (secondary N) is 1. The van der Waals surface area contributed by atoms with Crippen LogP contribution in [-0.2, 0) is 11.3 Å². The lowest BCUT2D eigenvalue weighted by Crippen LogP contribution is -2.38. The summed E-state index contributed by atoms with van der Waals surface area (Å²) in [4.78, 5) is 25.7. The van der Waals surface area contributed by atoms with E-state index in [1.54, 1.807) is 13.1 Å². The van der Waals surface area contributed by atoms with Crippen molar-refractivity contribution in [1.29, 1.82) is 0 Å². The van der Waals surface area contributed by atoms with Gasteiger partial charge in [-0.15, -0.1) is 0 Å². The number of fused-ring (bicyclic) bond motifs is 1. The summed E-state index contributed by atoms with van der Waals surface area (Å²) in [5, 5.41) is 2.44. The molecule has 2 aromatic carbocycles. The Morgan fingerprint density at radius 1 is 1.12 bits per heavy atom. The Morgan fingerprint density at radius 2 is 1.85 bits per heavy atom. The molecular weight excluding hydrogens is 339 g/mol. The molecule has 7 heteroatoms. The number of benzene rings is 2. The molecule has 0 saturated heterocycles. The first-order valence-corrected chi connectivity index (χ1v) is 8.20. The van der Waals surface area contributed by atoms with Crippen molar-refractivity contribution in [2.45, 2.75) is 6.54 Å². The molecule has 1 heterocycles. The van der Waals surface area contributed by atoms with Gasteiger partial charge in [0, 0.05) is 13.6 Å². The van der Waals surface area contributed by atoms with Gasteiger partial charge in [-0.05, 0) is 29.8 Å². The van der Waals surface area contributed by atoms with Crippen LogP contribution in [0.3, 0.4) is 0 Å². The van der Waals surface area contributed by atoms with Crippen molar-refractivity contribution in [3.05, 3.63) is 59.4 Å². The first-order chi connectivity index (χ1) is 12.5. The summed E-state index contributed by atoms with van der Waals surface area (Å²) >= 11 is 0. The third-order valence-electron chi connectivity index (χ3n) is 3.97. The van der Waals surface area contributed by atoms with Crippen molar-refractivity contribution in [2.75, 3.05) is 26.8 Å². The summed E-state index contributed by atoms with van der Waals surface area (Å²) in [6.07, 6.45) is 0. The van der Waals surface area contributed by atoms with Crippen LogP contribution in [0, 0.1) is 5.82 Å². The van der Waals surface area contributed by atoms with E-state index < -0.39 is 11.7 Å². The first kappa shape index (κ1) is 17.7. The lowest BCUT2D eigenvalue weighted by atomic mass is 10.2. The minimum Gasteiger partial charge on any atom is -0.486 e. The van der Waals surface area contributed by atoms with E-state index in [1.807, 2.05) is 18.2 Å². The predicted octanol–water partition coefficient (Wildman–Crippen LogP) is 1.99. The van der Waals surface area contributed by atoms with Gasteiger partial charge in [0.1, 0.15) is 19.0 Å². The summed E-state index contributed by atoms with van der Waals surface area (Å²) in [5.74, 6) is -0.190. The van der Waals surface area contributed by atoms with E-state index in [1.165, 1.54) is 23.1 Å². The number of ether oxygens (including phenoxy) is 2. The van der Waals surface area contributed by atoms with Crippen molar-refractivity contribution in [3.8, 4) is 11.5 Å². The molecule has 0 radical (unpaired) electrons. The molecule has 1 aliphatic rings. The van der Waals surface area contributed by atoms with Gasteiger partial charge in [0.25, 0.3) is 5.91 Å². The van der Waals surface area contributed by atoms with Gasteiger partial charge >= 0.3 is 0 Å². The number of hydrogen-bond donors (Lipinski definition) is 1. The zero-order valence-electron chi connectivity index (χ0n) is 14.3. The molecule has 1 aliphatic heterocycles. The highest BCUT2D eigenvalue weighted by atomic mass is 19.1. The summed E-state index contributed by atoms with van der Waals surface area (Å²) in [7, 11) is 1.63. The Bertz CT molecular complexity index is 825. The number of carbonyl (C=O) groups excluding carboxylic acids is 2. The molecule has 26 heavy (non-hydrogen) atoms. The SMILES string of the molecule is CN(Cc1ccc2c(c1)OCCO2)C(=O)CNC(=O)c1ccccc1F. The third kappa shape index (κ3) is 4.11. The maximum atomic E-state index is 13.6. The van der Waals surface area contributed by atoms with Crippen LogP contribution in [0.2, 0.25) is 0 Å². The number of hydrogen-bond acceptors (Lipinski definition) is 4. The van der Waals surface area contributed by atoms with Gasteiger partial charge in [-0.3, -0.25) is 9.59 Å². The molecule has 0 aromatic heterocycles. The Morgan fingerprint density at radius 3 is 2.62 bits per heavy atom. The van der Waals surface area contributed by atoms with Gasteiger partial charge in [0.2, 0.25) is 5.91 Å². The van der Waals surface area contributed by atoms with E-state index >= 15 is 0 Å². The quantitative estimate of drug-likeness (QED) is 0.888.